The third-order valence-electron chi connectivity index (χ3n) is 4.71. The molecule has 0 spiro atoms. The average molecular weight is 465 g/mol. The Morgan fingerprint density at radius 2 is 1.59 bits per heavy atom. The SMILES string of the molecule is CCS(=O)(=O)c1ccc(C(=O)Nc2nc(-c3ccc(Oc4ccccc4)cc3)cs2)cc1. The van der Waals surface area contributed by atoms with Gasteiger partial charge in [-0.05, 0) is 60.7 Å². The number of ether oxygens (including phenoxy) is 1. The van der Waals surface area contributed by atoms with E-state index in [1.165, 1.54) is 35.6 Å². The summed E-state index contributed by atoms with van der Waals surface area (Å²) in [5, 5.41) is 5.08. The number of para-hydroxylation sites is 1. The van der Waals surface area contributed by atoms with Crippen LogP contribution in [0.2, 0.25) is 0 Å². The maximum Gasteiger partial charge on any atom is 0.257 e. The fraction of sp³-hybridized carbons (Fsp3) is 0.0833. The summed E-state index contributed by atoms with van der Waals surface area (Å²) in [6.45, 7) is 1.58. The second-order valence-electron chi connectivity index (χ2n) is 6.86. The topological polar surface area (TPSA) is 85.4 Å². The fourth-order valence-corrected chi connectivity index (χ4v) is 4.53. The highest BCUT2D eigenvalue weighted by Crippen LogP contribution is 2.28. The molecule has 32 heavy (non-hydrogen) atoms. The van der Waals surface area contributed by atoms with Gasteiger partial charge in [-0.25, -0.2) is 13.4 Å². The number of benzene rings is 3. The van der Waals surface area contributed by atoms with Crippen molar-refractivity contribution in [2.75, 3.05) is 11.1 Å². The molecule has 0 atom stereocenters. The van der Waals surface area contributed by atoms with Gasteiger partial charge in [-0.1, -0.05) is 25.1 Å². The van der Waals surface area contributed by atoms with Crippen molar-refractivity contribution in [3.8, 4) is 22.8 Å². The summed E-state index contributed by atoms with van der Waals surface area (Å²) < 4.78 is 29.6. The molecule has 6 nitrogen and oxygen atoms in total. The number of amides is 1. The van der Waals surface area contributed by atoms with Gasteiger partial charge in [0.05, 0.1) is 16.3 Å². The summed E-state index contributed by atoms with van der Waals surface area (Å²) in [5.41, 5.74) is 2.00. The van der Waals surface area contributed by atoms with Crippen molar-refractivity contribution < 1.29 is 17.9 Å². The van der Waals surface area contributed by atoms with Gasteiger partial charge in [0.25, 0.3) is 5.91 Å². The van der Waals surface area contributed by atoms with Crippen LogP contribution in [0.25, 0.3) is 11.3 Å². The lowest BCUT2D eigenvalue weighted by atomic mass is 10.2. The molecule has 4 aromatic rings. The molecule has 1 aromatic heterocycles. The van der Waals surface area contributed by atoms with Crippen molar-refractivity contribution in [2.24, 2.45) is 0 Å². The predicted molar refractivity (Wildman–Crippen MR) is 126 cm³/mol. The first kappa shape index (κ1) is 21.7. The van der Waals surface area contributed by atoms with Crippen molar-refractivity contribution in [1.82, 2.24) is 4.98 Å². The number of hydrogen-bond donors (Lipinski definition) is 1. The number of carbonyl (C=O) groups is 1. The van der Waals surface area contributed by atoms with Crippen molar-refractivity contribution in [3.63, 3.8) is 0 Å². The molecule has 0 aliphatic carbocycles. The van der Waals surface area contributed by atoms with E-state index in [0.29, 0.717) is 10.7 Å². The fourth-order valence-electron chi connectivity index (χ4n) is 2.93. The Labute approximate surface area is 190 Å². The minimum atomic E-state index is -3.30. The number of nitrogens with zero attached hydrogens (tertiary/aromatic N) is 1. The highest BCUT2D eigenvalue weighted by atomic mass is 32.2. The predicted octanol–water partition coefficient (Wildman–Crippen LogP) is 5.65. The molecule has 1 heterocycles. The summed E-state index contributed by atoms with van der Waals surface area (Å²) >= 11 is 1.32. The van der Waals surface area contributed by atoms with Gasteiger partial charge in [-0.2, -0.15) is 0 Å². The molecule has 0 aliphatic heterocycles. The molecule has 0 saturated heterocycles. The molecule has 0 bridgehead atoms. The van der Waals surface area contributed by atoms with Crippen LogP contribution in [0.5, 0.6) is 11.5 Å². The molecule has 1 N–H and O–H groups in total. The molecular weight excluding hydrogens is 444 g/mol. The number of hydrogen-bond acceptors (Lipinski definition) is 6. The Morgan fingerprint density at radius 3 is 2.25 bits per heavy atom. The lowest BCUT2D eigenvalue weighted by Gasteiger charge is -2.06. The maximum atomic E-state index is 12.5. The molecule has 0 saturated carbocycles. The lowest BCUT2D eigenvalue weighted by molar-refractivity contribution is 0.102. The quantitative estimate of drug-likeness (QED) is 0.382. The molecule has 162 valence electrons. The van der Waals surface area contributed by atoms with Gasteiger partial charge in [0.2, 0.25) is 0 Å². The Kier molecular flexibility index (Phi) is 6.34. The minimum Gasteiger partial charge on any atom is -0.457 e. The number of thiazole rings is 1. The van der Waals surface area contributed by atoms with Crippen molar-refractivity contribution in [3.05, 3.63) is 89.8 Å². The van der Waals surface area contributed by atoms with E-state index in [9.17, 15) is 13.2 Å². The summed E-state index contributed by atoms with van der Waals surface area (Å²) in [6.07, 6.45) is 0. The number of aromatic nitrogens is 1. The van der Waals surface area contributed by atoms with Gasteiger partial charge >= 0.3 is 0 Å². The summed E-state index contributed by atoms with van der Waals surface area (Å²) in [6, 6.07) is 23.0. The zero-order valence-corrected chi connectivity index (χ0v) is 18.8. The molecule has 0 unspecified atom stereocenters. The summed E-state index contributed by atoms with van der Waals surface area (Å²) in [5.74, 6) is 1.15. The van der Waals surface area contributed by atoms with Gasteiger partial charge in [0.1, 0.15) is 11.5 Å². The standard InChI is InChI=1S/C24H20N2O4S2/c1-2-32(28,29)21-14-10-18(11-15-21)23(27)26-24-25-22(16-31-24)17-8-12-20(13-9-17)30-19-6-4-3-5-7-19/h3-16H,2H2,1H3,(H,25,26,27). The normalized spacial score (nSPS) is 11.2. The molecule has 0 aliphatic rings. The average Bonchev–Trinajstić information content (AvgIpc) is 3.29. The molecule has 4 rings (SSSR count). The zero-order valence-electron chi connectivity index (χ0n) is 17.2. The summed E-state index contributed by atoms with van der Waals surface area (Å²) in [7, 11) is -3.30. The first-order chi connectivity index (χ1) is 15.4. The number of rotatable bonds is 7. The van der Waals surface area contributed by atoms with Gasteiger partial charge in [-0.15, -0.1) is 11.3 Å². The number of sulfone groups is 1. The summed E-state index contributed by atoms with van der Waals surface area (Å²) in [4.78, 5) is 17.2. The van der Waals surface area contributed by atoms with Crippen LogP contribution in [-0.4, -0.2) is 25.1 Å². The first-order valence-electron chi connectivity index (χ1n) is 9.87. The largest absolute Gasteiger partial charge is 0.457 e. The van der Waals surface area contributed by atoms with Gasteiger partial charge in [-0.3, -0.25) is 10.1 Å². The van der Waals surface area contributed by atoms with E-state index in [-0.39, 0.29) is 16.6 Å². The zero-order chi connectivity index (χ0) is 22.6. The molecular formula is C24H20N2O4S2. The Balaban J connectivity index is 1.42. The van der Waals surface area contributed by atoms with E-state index < -0.39 is 9.84 Å². The van der Waals surface area contributed by atoms with E-state index in [2.05, 4.69) is 10.3 Å². The van der Waals surface area contributed by atoms with Crippen molar-refractivity contribution in [2.45, 2.75) is 11.8 Å². The van der Waals surface area contributed by atoms with Crippen LogP contribution in [-0.2, 0) is 9.84 Å². The van der Waals surface area contributed by atoms with Crippen LogP contribution in [0.3, 0.4) is 0 Å². The number of nitrogens with one attached hydrogen (secondary N) is 1. The van der Waals surface area contributed by atoms with Crippen LogP contribution < -0.4 is 10.1 Å². The van der Waals surface area contributed by atoms with Crippen LogP contribution in [0.15, 0.2) is 89.1 Å². The molecule has 1 amide bonds. The molecule has 3 aromatic carbocycles. The highest BCUT2D eigenvalue weighted by Gasteiger charge is 2.14. The van der Waals surface area contributed by atoms with Crippen LogP contribution in [0.4, 0.5) is 5.13 Å². The first-order valence-corrected chi connectivity index (χ1v) is 12.4. The van der Waals surface area contributed by atoms with Crippen molar-refractivity contribution in [1.29, 1.82) is 0 Å². The highest BCUT2D eigenvalue weighted by molar-refractivity contribution is 7.91. The van der Waals surface area contributed by atoms with Gasteiger partial charge < -0.3 is 4.74 Å². The smallest absolute Gasteiger partial charge is 0.257 e. The minimum absolute atomic E-state index is 0.0137. The monoisotopic (exact) mass is 464 g/mol. The van der Waals surface area contributed by atoms with E-state index in [0.717, 1.165) is 22.8 Å². The second-order valence-corrected chi connectivity index (χ2v) is 10.00. The van der Waals surface area contributed by atoms with E-state index in [1.54, 1.807) is 6.92 Å². The van der Waals surface area contributed by atoms with Crippen LogP contribution in [0, 0.1) is 0 Å². The van der Waals surface area contributed by atoms with Crippen molar-refractivity contribution >= 4 is 32.2 Å². The Morgan fingerprint density at radius 1 is 0.938 bits per heavy atom. The van der Waals surface area contributed by atoms with Gasteiger partial charge in [0, 0.05) is 16.5 Å². The van der Waals surface area contributed by atoms with E-state index in [1.807, 2.05) is 60.0 Å². The van der Waals surface area contributed by atoms with E-state index >= 15 is 0 Å². The van der Waals surface area contributed by atoms with E-state index in [4.69, 9.17) is 4.74 Å². The Bertz CT molecular complexity index is 1310. The third kappa shape index (κ3) is 5.04. The van der Waals surface area contributed by atoms with Crippen LogP contribution in [0.1, 0.15) is 17.3 Å². The molecule has 8 heteroatoms. The molecule has 0 fully saturated rings. The molecule has 0 radical (unpaired) electrons. The second kappa shape index (κ2) is 9.33. The van der Waals surface area contributed by atoms with Crippen LogP contribution >= 0.6 is 11.3 Å². The van der Waals surface area contributed by atoms with Gasteiger partial charge in [0.15, 0.2) is 15.0 Å². The number of carbonyl (C=O) groups excluding carboxylic acids is 1. The Hall–Kier alpha value is -3.49. The maximum absolute atomic E-state index is 12.5. The third-order valence-corrected chi connectivity index (χ3v) is 7.22. The lowest BCUT2D eigenvalue weighted by Crippen LogP contribution is -2.12. The number of anilines is 1.